The molecule has 1 aliphatic heterocycles. The molecule has 0 atom stereocenters. The Bertz CT molecular complexity index is 1170. The molecule has 3 amide bonds. The Hall–Kier alpha value is -3.36. The van der Waals surface area contributed by atoms with Crippen LogP contribution in [0.1, 0.15) is 12.5 Å². The number of aromatic nitrogens is 2. The van der Waals surface area contributed by atoms with E-state index in [1.165, 1.54) is 16.7 Å². The molecular formula is C21H18Cl2N6O2. The van der Waals surface area contributed by atoms with Crippen molar-refractivity contribution in [3.8, 4) is 0 Å². The van der Waals surface area contributed by atoms with Crippen LogP contribution in [0.25, 0.3) is 0 Å². The van der Waals surface area contributed by atoms with Gasteiger partial charge in [-0.1, -0.05) is 41.4 Å². The normalized spacial score (nSPS) is 13.1. The second-order valence-electron chi connectivity index (χ2n) is 6.89. The van der Waals surface area contributed by atoms with Crippen molar-refractivity contribution < 1.29 is 9.59 Å². The fourth-order valence-electron chi connectivity index (χ4n) is 3.30. The summed E-state index contributed by atoms with van der Waals surface area (Å²) in [6.45, 7) is 1.66. The number of carbonyl (C=O) groups is 2. The highest BCUT2D eigenvalue weighted by Gasteiger charge is 2.32. The number of nitrogens with zero attached hydrogens (tertiary/aromatic N) is 4. The van der Waals surface area contributed by atoms with E-state index in [-0.39, 0.29) is 18.5 Å². The molecule has 0 aliphatic carbocycles. The van der Waals surface area contributed by atoms with E-state index in [0.29, 0.717) is 38.9 Å². The van der Waals surface area contributed by atoms with E-state index in [2.05, 4.69) is 20.6 Å². The molecule has 2 aromatic carbocycles. The Labute approximate surface area is 188 Å². The predicted octanol–water partition coefficient (Wildman–Crippen LogP) is 5.06. The van der Waals surface area contributed by atoms with Gasteiger partial charge in [-0.3, -0.25) is 14.6 Å². The first-order valence-electron chi connectivity index (χ1n) is 9.34. The van der Waals surface area contributed by atoms with Gasteiger partial charge >= 0.3 is 6.03 Å². The molecule has 0 saturated carbocycles. The lowest BCUT2D eigenvalue weighted by Crippen LogP contribution is -2.46. The van der Waals surface area contributed by atoms with Crippen molar-refractivity contribution in [2.24, 2.45) is 0 Å². The molecule has 0 unspecified atom stereocenters. The molecule has 0 radical (unpaired) electrons. The average molecular weight is 457 g/mol. The van der Waals surface area contributed by atoms with Gasteiger partial charge in [0.25, 0.3) is 0 Å². The van der Waals surface area contributed by atoms with E-state index in [4.69, 9.17) is 23.2 Å². The third-order valence-corrected chi connectivity index (χ3v) is 5.31. The van der Waals surface area contributed by atoms with Crippen LogP contribution in [0.15, 0.2) is 48.7 Å². The number of carbonyl (C=O) groups excluding carboxylic acids is 2. The van der Waals surface area contributed by atoms with Crippen molar-refractivity contribution in [2.45, 2.75) is 13.5 Å². The second-order valence-corrected chi connectivity index (χ2v) is 7.71. The smallest absolute Gasteiger partial charge is 0.325 e. The number of nitrogens with one attached hydrogen (secondary N) is 2. The number of para-hydroxylation sites is 3. The summed E-state index contributed by atoms with van der Waals surface area (Å²) in [4.78, 5) is 36.3. The van der Waals surface area contributed by atoms with Crippen LogP contribution in [0.3, 0.4) is 0 Å². The van der Waals surface area contributed by atoms with Crippen LogP contribution < -0.4 is 20.4 Å². The van der Waals surface area contributed by atoms with Gasteiger partial charge in [0.1, 0.15) is 5.82 Å². The van der Waals surface area contributed by atoms with Gasteiger partial charge in [0.05, 0.1) is 33.7 Å². The summed E-state index contributed by atoms with van der Waals surface area (Å²) in [7, 11) is 1.63. The van der Waals surface area contributed by atoms with Gasteiger partial charge in [-0.25, -0.2) is 9.78 Å². The lowest BCUT2D eigenvalue weighted by Gasteiger charge is -2.34. The van der Waals surface area contributed by atoms with Crippen molar-refractivity contribution in [2.75, 3.05) is 27.5 Å². The number of hydrogen-bond donors (Lipinski definition) is 2. The summed E-state index contributed by atoms with van der Waals surface area (Å²) in [6.07, 6.45) is 1.65. The maximum absolute atomic E-state index is 13.0. The van der Waals surface area contributed by atoms with Gasteiger partial charge in [-0.05, 0) is 24.3 Å². The molecule has 0 fully saturated rings. The van der Waals surface area contributed by atoms with E-state index in [9.17, 15) is 9.59 Å². The minimum absolute atomic E-state index is 0.190. The fourth-order valence-corrected chi connectivity index (χ4v) is 3.90. The lowest BCUT2D eigenvalue weighted by atomic mass is 10.2. The number of amides is 3. The van der Waals surface area contributed by atoms with E-state index >= 15 is 0 Å². The fraction of sp³-hybridized carbons (Fsp3) is 0.143. The van der Waals surface area contributed by atoms with Gasteiger partial charge in [0, 0.05) is 25.7 Å². The molecule has 0 spiro atoms. The summed E-state index contributed by atoms with van der Waals surface area (Å²) < 4.78 is 0. The Morgan fingerprint density at radius 3 is 2.42 bits per heavy atom. The van der Waals surface area contributed by atoms with Crippen molar-refractivity contribution in [3.63, 3.8) is 0 Å². The molecule has 0 bridgehead atoms. The number of urea groups is 1. The predicted molar refractivity (Wildman–Crippen MR) is 123 cm³/mol. The number of fused-ring (bicyclic) bond motifs is 1. The molecular weight excluding hydrogens is 439 g/mol. The molecule has 1 aliphatic rings. The van der Waals surface area contributed by atoms with Crippen LogP contribution in [0.2, 0.25) is 10.0 Å². The Morgan fingerprint density at radius 2 is 1.74 bits per heavy atom. The first-order valence-corrected chi connectivity index (χ1v) is 10.1. The first-order chi connectivity index (χ1) is 14.8. The van der Waals surface area contributed by atoms with Crippen LogP contribution in [-0.2, 0) is 11.3 Å². The molecule has 3 aromatic rings. The summed E-state index contributed by atoms with van der Waals surface area (Å²) >= 11 is 12.6. The summed E-state index contributed by atoms with van der Waals surface area (Å²) in [5, 5.41) is 6.61. The number of rotatable bonds is 4. The highest BCUT2D eigenvalue weighted by atomic mass is 35.5. The molecule has 0 saturated heterocycles. The van der Waals surface area contributed by atoms with Crippen molar-refractivity contribution in [1.82, 2.24) is 9.97 Å². The molecule has 4 rings (SSSR count). The SMILES string of the molecule is CC(=O)Nc1ccccc1Nc1ncc2c(n1)N(C)C(=O)N(c1c(Cl)cccc1Cl)C2. The van der Waals surface area contributed by atoms with Gasteiger partial charge < -0.3 is 10.6 Å². The van der Waals surface area contributed by atoms with Crippen LogP contribution in [0.5, 0.6) is 0 Å². The van der Waals surface area contributed by atoms with E-state index in [1.54, 1.807) is 43.6 Å². The maximum Gasteiger partial charge on any atom is 0.330 e. The van der Waals surface area contributed by atoms with Crippen LogP contribution in [0.4, 0.5) is 33.6 Å². The summed E-state index contributed by atoms with van der Waals surface area (Å²) in [5.41, 5.74) is 2.41. The number of anilines is 5. The number of halogens is 2. The van der Waals surface area contributed by atoms with Crippen molar-refractivity contribution in [3.05, 3.63) is 64.3 Å². The van der Waals surface area contributed by atoms with Crippen LogP contribution in [-0.4, -0.2) is 29.0 Å². The molecule has 8 nitrogen and oxygen atoms in total. The average Bonchev–Trinajstić information content (AvgIpc) is 2.73. The van der Waals surface area contributed by atoms with Crippen LogP contribution >= 0.6 is 23.2 Å². The first kappa shape index (κ1) is 20.9. The maximum atomic E-state index is 13.0. The molecule has 2 N–H and O–H groups in total. The Balaban J connectivity index is 1.65. The molecule has 158 valence electrons. The Kier molecular flexibility index (Phi) is 5.67. The van der Waals surface area contributed by atoms with Crippen molar-refractivity contribution in [1.29, 1.82) is 0 Å². The summed E-state index contributed by atoms with van der Waals surface area (Å²) in [6, 6.07) is 12.0. The minimum atomic E-state index is -0.314. The zero-order valence-corrected chi connectivity index (χ0v) is 18.2. The van der Waals surface area contributed by atoms with E-state index < -0.39 is 0 Å². The Morgan fingerprint density at radius 1 is 1.06 bits per heavy atom. The molecule has 31 heavy (non-hydrogen) atoms. The highest BCUT2D eigenvalue weighted by Crippen LogP contribution is 2.38. The van der Waals surface area contributed by atoms with Crippen LogP contribution in [0, 0.1) is 0 Å². The lowest BCUT2D eigenvalue weighted by molar-refractivity contribution is -0.114. The zero-order valence-electron chi connectivity index (χ0n) is 16.7. The van der Waals surface area contributed by atoms with E-state index in [0.717, 1.165) is 5.56 Å². The molecule has 1 aromatic heterocycles. The largest absolute Gasteiger partial charge is 0.330 e. The monoisotopic (exact) mass is 456 g/mol. The zero-order chi connectivity index (χ0) is 22.1. The number of benzene rings is 2. The third-order valence-electron chi connectivity index (χ3n) is 4.70. The standard InChI is InChI=1S/C21H18Cl2N6O2/c1-12(30)25-16-8-3-4-9-17(16)26-20-24-10-13-11-29(21(31)28(2)19(13)27-20)18-14(22)6-5-7-15(18)23/h3-10H,11H2,1-2H3,(H,25,30)(H,24,26,27). The van der Waals surface area contributed by atoms with Gasteiger partial charge in [-0.15, -0.1) is 0 Å². The topological polar surface area (TPSA) is 90.5 Å². The van der Waals surface area contributed by atoms with E-state index in [1.807, 2.05) is 12.1 Å². The van der Waals surface area contributed by atoms with Gasteiger partial charge in [0.15, 0.2) is 0 Å². The summed E-state index contributed by atoms with van der Waals surface area (Å²) in [5.74, 6) is 0.573. The minimum Gasteiger partial charge on any atom is -0.325 e. The number of hydrogen-bond acceptors (Lipinski definition) is 5. The van der Waals surface area contributed by atoms with Gasteiger partial charge in [-0.2, -0.15) is 4.98 Å². The van der Waals surface area contributed by atoms with Gasteiger partial charge in [0.2, 0.25) is 11.9 Å². The quantitative estimate of drug-likeness (QED) is 0.572. The second kappa shape index (κ2) is 8.41. The third kappa shape index (κ3) is 4.12. The molecule has 10 heteroatoms. The molecule has 2 heterocycles. The van der Waals surface area contributed by atoms with Crippen molar-refractivity contribution >= 4 is 64.0 Å². The highest BCUT2D eigenvalue weighted by molar-refractivity contribution is 6.40.